The number of hydrogen-bond acceptors (Lipinski definition) is 3. The standard InChI is InChI=1S/C8H14N4O/c1-6(2)12-5-10-11-7(12)4-8(13)9-3/h5-6H,4H2,1-3H3,(H,9,13). The summed E-state index contributed by atoms with van der Waals surface area (Å²) in [6, 6.07) is 0.287. The summed E-state index contributed by atoms with van der Waals surface area (Å²) >= 11 is 0. The summed E-state index contributed by atoms with van der Waals surface area (Å²) in [6.07, 6.45) is 1.93. The van der Waals surface area contributed by atoms with E-state index in [4.69, 9.17) is 0 Å². The molecule has 0 saturated heterocycles. The van der Waals surface area contributed by atoms with Gasteiger partial charge in [-0.05, 0) is 13.8 Å². The van der Waals surface area contributed by atoms with E-state index < -0.39 is 0 Å². The van der Waals surface area contributed by atoms with Gasteiger partial charge in [-0.15, -0.1) is 10.2 Å². The number of aromatic nitrogens is 3. The number of nitrogens with zero attached hydrogens (tertiary/aromatic N) is 3. The van der Waals surface area contributed by atoms with Crippen LogP contribution in [0.1, 0.15) is 25.7 Å². The fourth-order valence-corrected chi connectivity index (χ4v) is 1.06. The van der Waals surface area contributed by atoms with E-state index in [0.29, 0.717) is 5.82 Å². The lowest BCUT2D eigenvalue weighted by Gasteiger charge is -2.08. The Morgan fingerprint density at radius 2 is 2.38 bits per heavy atom. The fourth-order valence-electron chi connectivity index (χ4n) is 1.06. The van der Waals surface area contributed by atoms with E-state index >= 15 is 0 Å². The summed E-state index contributed by atoms with van der Waals surface area (Å²) in [6.45, 7) is 4.05. The van der Waals surface area contributed by atoms with Gasteiger partial charge in [0.2, 0.25) is 5.91 Å². The van der Waals surface area contributed by atoms with Crippen molar-refractivity contribution in [3.05, 3.63) is 12.2 Å². The third-order valence-corrected chi connectivity index (χ3v) is 1.80. The zero-order chi connectivity index (χ0) is 9.84. The molecule has 0 aromatic carbocycles. The van der Waals surface area contributed by atoms with Crippen molar-refractivity contribution >= 4 is 5.91 Å². The smallest absolute Gasteiger partial charge is 0.227 e. The predicted molar refractivity (Wildman–Crippen MR) is 48.2 cm³/mol. The lowest BCUT2D eigenvalue weighted by atomic mass is 10.3. The highest BCUT2D eigenvalue weighted by molar-refractivity contribution is 5.77. The monoisotopic (exact) mass is 182 g/mol. The molecule has 1 N–H and O–H groups in total. The van der Waals surface area contributed by atoms with Gasteiger partial charge in [-0.25, -0.2) is 0 Å². The molecule has 1 aromatic heterocycles. The van der Waals surface area contributed by atoms with E-state index in [0.717, 1.165) is 0 Å². The third-order valence-electron chi connectivity index (χ3n) is 1.80. The minimum Gasteiger partial charge on any atom is -0.359 e. The predicted octanol–water partition coefficient (Wildman–Crippen LogP) is 0.147. The molecule has 0 atom stereocenters. The number of nitrogens with one attached hydrogen (secondary N) is 1. The zero-order valence-electron chi connectivity index (χ0n) is 8.11. The molecule has 0 aliphatic heterocycles. The minimum absolute atomic E-state index is 0.0464. The number of rotatable bonds is 3. The van der Waals surface area contributed by atoms with Crippen molar-refractivity contribution in [1.29, 1.82) is 0 Å². The lowest BCUT2D eigenvalue weighted by Crippen LogP contribution is -2.22. The van der Waals surface area contributed by atoms with E-state index in [1.54, 1.807) is 13.4 Å². The van der Waals surface area contributed by atoms with Crippen LogP contribution in [0.5, 0.6) is 0 Å². The summed E-state index contributed by atoms with van der Waals surface area (Å²) < 4.78 is 1.88. The van der Waals surface area contributed by atoms with E-state index in [1.165, 1.54) is 0 Å². The first-order valence-electron chi connectivity index (χ1n) is 4.24. The van der Waals surface area contributed by atoms with Crippen molar-refractivity contribution in [2.45, 2.75) is 26.3 Å². The molecule has 13 heavy (non-hydrogen) atoms. The first-order valence-corrected chi connectivity index (χ1v) is 4.24. The summed E-state index contributed by atoms with van der Waals surface area (Å²) in [4.78, 5) is 11.1. The molecule has 72 valence electrons. The number of hydrogen-bond donors (Lipinski definition) is 1. The molecule has 0 aliphatic rings. The molecule has 0 saturated carbocycles. The number of carbonyl (C=O) groups is 1. The largest absolute Gasteiger partial charge is 0.359 e. The van der Waals surface area contributed by atoms with Crippen LogP contribution in [0.4, 0.5) is 0 Å². The fraction of sp³-hybridized carbons (Fsp3) is 0.625. The van der Waals surface area contributed by atoms with Gasteiger partial charge in [0.05, 0.1) is 6.42 Å². The second kappa shape index (κ2) is 4.02. The molecule has 0 radical (unpaired) electrons. The molecule has 1 rings (SSSR count). The van der Waals surface area contributed by atoms with Crippen molar-refractivity contribution in [1.82, 2.24) is 20.1 Å². The molecular weight excluding hydrogens is 168 g/mol. The number of amides is 1. The summed E-state index contributed by atoms with van der Waals surface area (Å²) in [5.41, 5.74) is 0. The molecule has 0 bridgehead atoms. The molecule has 0 unspecified atom stereocenters. The molecule has 0 aliphatic carbocycles. The molecular formula is C8H14N4O. The van der Waals surface area contributed by atoms with Gasteiger partial charge in [-0.1, -0.05) is 0 Å². The maximum absolute atomic E-state index is 11.1. The van der Waals surface area contributed by atoms with Crippen LogP contribution < -0.4 is 5.32 Å². The van der Waals surface area contributed by atoms with E-state index in [1.807, 2.05) is 18.4 Å². The Morgan fingerprint density at radius 1 is 1.69 bits per heavy atom. The first-order chi connectivity index (χ1) is 6.15. The highest BCUT2D eigenvalue weighted by Crippen LogP contribution is 2.06. The Kier molecular flexibility index (Phi) is 3.00. The lowest BCUT2D eigenvalue weighted by molar-refractivity contribution is -0.120. The molecule has 5 nitrogen and oxygen atoms in total. The Hall–Kier alpha value is -1.39. The Balaban J connectivity index is 2.76. The Morgan fingerprint density at radius 3 is 2.92 bits per heavy atom. The van der Waals surface area contributed by atoms with Crippen LogP contribution in [-0.4, -0.2) is 27.7 Å². The number of carbonyl (C=O) groups excluding carboxylic acids is 1. The topological polar surface area (TPSA) is 59.8 Å². The van der Waals surface area contributed by atoms with Crippen molar-refractivity contribution in [2.75, 3.05) is 7.05 Å². The van der Waals surface area contributed by atoms with Crippen LogP contribution >= 0.6 is 0 Å². The van der Waals surface area contributed by atoms with Crippen molar-refractivity contribution in [3.63, 3.8) is 0 Å². The van der Waals surface area contributed by atoms with Crippen LogP contribution in [-0.2, 0) is 11.2 Å². The summed E-state index contributed by atoms with van der Waals surface area (Å²) in [5, 5.41) is 10.2. The molecule has 1 amide bonds. The van der Waals surface area contributed by atoms with Gasteiger partial charge in [0.25, 0.3) is 0 Å². The van der Waals surface area contributed by atoms with E-state index in [2.05, 4.69) is 15.5 Å². The van der Waals surface area contributed by atoms with Crippen molar-refractivity contribution in [2.24, 2.45) is 0 Å². The molecule has 1 aromatic rings. The molecule has 5 heteroatoms. The van der Waals surface area contributed by atoms with Gasteiger partial charge < -0.3 is 9.88 Å². The average Bonchev–Trinajstić information content (AvgIpc) is 2.52. The van der Waals surface area contributed by atoms with Gasteiger partial charge in [-0.2, -0.15) is 0 Å². The Labute approximate surface area is 77.2 Å². The van der Waals surface area contributed by atoms with Crippen LogP contribution in [0.2, 0.25) is 0 Å². The van der Waals surface area contributed by atoms with Crippen molar-refractivity contribution in [3.8, 4) is 0 Å². The molecule has 0 fully saturated rings. The van der Waals surface area contributed by atoms with Gasteiger partial charge in [0.1, 0.15) is 12.2 Å². The van der Waals surface area contributed by atoms with Crippen molar-refractivity contribution < 1.29 is 4.79 Å². The average molecular weight is 182 g/mol. The van der Waals surface area contributed by atoms with Gasteiger partial charge in [0.15, 0.2) is 0 Å². The van der Waals surface area contributed by atoms with Gasteiger partial charge in [-0.3, -0.25) is 4.79 Å². The highest BCUT2D eigenvalue weighted by atomic mass is 16.1. The van der Waals surface area contributed by atoms with Gasteiger partial charge in [0, 0.05) is 13.1 Å². The maximum Gasteiger partial charge on any atom is 0.227 e. The van der Waals surface area contributed by atoms with E-state index in [-0.39, 0.29) is 18.4 Å². The zero-order valence-corrected chi connectivity index (χ0v) is 8.11. The molecule has 0 spiro atoms. The summed E-state index contributed by atoms with van der Waals surface area (Å²) in [7, 11) is 1.61. The highest BCUT2D eigenvalue weighted by Gasteiger charge is 2.10. The quantitative estimate of drug-likeness (QED) is 0.723. The van der Waals surface area contributed by atoms with Crippen LogP contribution in [0.25, 0.3) is 0 Å². The first kappa shape index (κ1) is 9.70. The third kappa shape index (κ3) is 2.27. The van der Waals surface area contributed by atoms with Crippen LogP contribution in [0.3, 0.4) is 0 Å². The van der Waals surface area contributed by atoms with Gasteiger partial charge >= 0.3 is 0 Å². The normalized spacial score (nSPS) is 10.5. The van der Waals surface area contributed by atoms with Crippen LogP contribution in [0.15, 0.2) is 6.33 Å². The number of likely N-dealkylation sites (N-methyl/N-ethyl adjacent to an activating group) is 1. The minimum atomic E-state index is -0.0464. The second-order valence-electron chi connectivity index (χ2n) is 3.10. The molecule has 1 heterocycles. The SMILES string of the molecule is CNC(=O)Cc1nncn1C(C)C. The maximum atomic E-state index is 11.1. The summed E-state index contributed by atoms with van der Waals surface area (Å²) in [5.74, 6) is 0.657. The Bertz CT molecular complexity index is 292. The van der Waals surface area contributed by atoms with E-state index in [9.17, 15) is 4.79 Å². The van der Waals surface area contributed by atoms with Crippen LogP contribution in [0, 0.1) is 0 Å². The second-order valence-corrected chi connectivity index (χ2v) is 3.10.